The largest absolute Gasteiger partial charge is 0.491 e. The van der Waals surface area contributed by atoms with Gasteiger partial charge in [-0.1, -0.05) is 12.1 Å². The third-order valence-electron chi connectivity index (χ3n) is 5.73. The van der Waals surface area contributed by atoms with E-state index in [4.69, 9.17) is 24.2 Å². The number of amides is 1. The van der Waals surface area contributed by atoms with Crippen molar-refractivity contribution in [3.05, 3.63) is 29.3 Å². The maximum Gasteiger partial charge on any atom is 0.255 e. The SMILES string of the molecule is COC1(C(=O)N2Cc3ccc(C4OC4NO)cc3OC[C@@H]2C)CCOCC1. The van der Waals surface area contributed by atoms with Crippen LogP contribution in [0.25, 0.3) is 0 Å². The normalized spacial score (nSPS) is 29.4. The molecule has 1 aromatic carbocycles. The van der Waals surface area contributed by atoms with Gasteiger partial charge in [0.1, 0.15) is 18.5 Å². The average molecular weight is 378 g/mol. The highest BCUT2D eigenvalue weighted by molar-refractivity contribution is 5.86. The molecule has 1 aromatic rings. The minimum atomic E-state index is -0.821. The van der Waals surface area contributed by atoms with E-state index in [0.29, 0.717) is 39.2 Å². The molecule has 0 aromatic heterocycles. The molecule has 8 nitrogen and oxygen atoms in total. The van der Waals surface area contributed by atoms with Gasteiger partial charge in [0.2, 0.25) is 0 Å². The second-order valence-corrected chi connectivity index (χ2v) is 7.38. The molecule has 0 radical (unpaired) electrons. The predicted octanol–water partition coefficient (Wildman–Crippen LogP) is 1.37. The minimum Gasteiger partial charge on any atom is -0.491 e. The number of ether oxygens (including phenoxy) is 4. The van der Waals surface area contributed by atoms with Gasteiger partial charge < -0.3 is 29.1 Å². The standard InChI is InChI=1S/C19H26N2O6/c1-12-11-26-15-9-13(16-17(20-23)27-16)3-4-14(15)10-21(12)18(22)19(24-2)5-7-25-8-6-19/h3-4,9,12,16-17,20,23H,5-8,10-11H2,1-2H3/t12-,16?,17?/m0/s1. The molecule has 0 bridgehead atoms. The maximum absolute atomic E-state index is 13.4. The van der Waals surface area contributed by atoms with Gasteiger partial charge in [0.05, 0.1) is 6.04 Å². The van der Waals surface area contributed by atoms with Crippen LogP contribution in [0.2, 0.25) is 0 Å². The number of carbonyl (C=O) groups excluding carboxylic acids is 1. The smallest absolute Gasteiger partial charge is 0.255 e. The van der Waals surface area contributed by atoms with Gasteiger partial charge in [-0.05, 0) is 18.6 Å². The number of hydroxylamine groups is 1. The number of nitrogens with one attached hydrogen (secondary N) is 1. The van der Waals surface area contributed by atoms with Gasteiger partial charge in [-0.3, -0.25) is 4.79 Å². The van der Waals surface area contributed by atoms with Gasteiger partial charge in [0.15, 0.2) is 11.8 Å². The van der Waals surface area contributed by atoms with E-state index in [1.165, 1.54) is 0 Å². The van der Waals surface area contributed by atoms with Crippen LogP contribution in [-0.4, -0.2) is 60.8 Å². The van der Waals surface area contributed by atoms with Crippen LogP contribution in [0, 0.1) is 0 Å². The van der Waals surface area contributed by atoms with Crippen LogP contribution in [0.15, 0.2) is 18.2 Å². The van der Waals surface area contributed by atoms with Crippen molar-refractivity contribution < 1.29 is 28.9 Å². The van der Waals surface area contributed by atoms with Crippen LogP contribution in [0.1, 0.15) is 37.0 Å². The molecule has 3 atom stereocenters. The number of carbonyl (C=O) groups is 1. The Balaban J connectivity index is 1.56. The van der Waals surface area contributed by atoms with Crippen molar-refractivity contribution >= 4 is 5.91 Å². The first-order valence-corrected chi connectivity index (χ1v) is 9.32. The van der Waals surface area contributed by atoms with Gasteiger partial charge in [-0.15, -0.1) is 0 Å². The third kappa shape index (κ3) is 3.43. The second-order valence-electron chi connectivity index (χ2n) is 7.38. The Morgan fingerprint density at radius 1 is 1.37 bits per heavy atom. The Hall–Kier alpha value is -1.71. The summed E-state index contributed by atoms with van der Waals surface area (Å²) in [5.41, 5.74) is 3.18. The van der Waals surface area contributed by atoms with Crippen LogP contribution in [-0.2, 0) is 25.5 Å². The monoisotopic (exact) mass is 378 g/mol. The lowest BCUT2D eigenvalue weighted by molar-refractivity contribution is -0.169. The summed E-state index contributed by atoms with van der Waals surface area (Å²) in [6, 6.07) is 5.76. The van der Waals surface area contributed by atoms with Crippen molar-refractivity contribution in [1.82, 2.24) is 10.4 Å². The van der Waals surface area contributed by atoms with Crippen LogP contribution in [0.3, 0.4) is 0 Å². The molecule has 2 fully saturated rings. The molecule has 3 aliphatic rings. The summed E-state index contributed by atoms with van der Waals surface area (Å²) < 4.78 is 22.5. The number of fused-ring (bicyclic) bond motifs is 1. The number of benzene rings is 1. The summed E-state index contributed by atoms with van der Waals surface area (Å²) in [5, 5.41) is 8.95. The summed E-state index contributed by atoms with van der Waals surface area (Å²) >= 11 is 0. The molecule has 0 aliphatic carbocycles. The zero-order chi connectivity index (χ0) is 19.0. The first-order chi connectivity index (χ1) is 13.1. The number of nitrogens with zero attached hydrogens (tertiary/aromatic N) is 1. The third-order valence-corrected chi connectivity index (χ3v) is 5.73. The summed E-state index contributed by atoms with van der Waals surface area (Å²) in [4.78, 5) is 15.2. The molecule has 3 heterocycles. The average Bonchev–Trinajstić information content (AvgIpc) is 3.51. The van der Waals surface area contributed by atoms with E-state index < -0.39 is 5.60 Å². The molecule has 1 amide bonds. The molecule has 8 heteroatoms. The number of methoxy groups -OCH3 is 1. The van der Waals surface area contributed by atoms with E-state index in [-0.39, 0.29) is 24.3 Å². The molecule has 27 heavy (non-hydrogen) atoms. The Kier molecular flexibility index (Phi) is 5.09. The van der Waals surface area contributed by atoms with Gasteiger partial charge in [-0.2, -0.15) is 5.48 Å². The fourth-order valence-corrected chi connectivity index (χ4v) is 3.86. The molecule has 0 saturated carbocycles. The molecule has 4 rings (SSSR count). The van der Waals surface area contributed by atoms with Gasteiger partial charge in [0.25, 0.3) is 5.91 Å². The van der Waals surface area contributed by atoms with Crippen molar-refractivity contribution in [3.63, 3.8) is 0 Å². The molecule has 0 spiro atoms. The van der Waals surface area contributed by atoms with Gasteiger partial charge >= 0.3 is 0 Å². The summed E-state index contributed by atoms with van der Waals surface area (Å²) in [6.45, 7) is 3.92. The molecule has 148 valence electrons. The maximum atomic E-state index is 13.4. The van der Waals surface area contributed by atoms with Gasteiger partial charge in [0, 0.05) is 45.3 Å². The summed E-state index contributed by atoms with van der Waals surface area (Å²) in [5.74, 6) is 0.747. The fourth-order valence-electron chi connectivity index (χ4n) is 3.86. The van der Waals surface area contributed by atoms with Gasteiger partial charge in [-0.25, -0.2) is 0 Å². The summed E-state index contributed by atoms with van der Waals surface area (Å²) in [7, 11) is 1.60. The lowest BCUT2D eigenvalue weighted by atomic mass is 9.91. The van der Waals surface area contributed by atoms with Crippen LogP contribution in [0.5, 0.6) is 5.75 Å². The number of hydrogen-bond acceptors (Lipinski definition) is 7. The van der Waals surface area contributed by atoms with Crippen LogP contribution < -0.4 is 10.2 Å². The number of epoxide rings is 1. The quantitative estimate of drug-likeness (QED) is 0.604. The van der Waals surface area contributed by atoms with Crippen LogP contribution in [0.4, 0.5) is 0 Å². The topological polar surface area (TPSA) is 92.8 Å². The first-order valence-electron chi connectivity index (χ1n) is 9.32. The Morgan fingerprint density at radius 2 is 2.15 bits per heavy atom. The van der Waals surface area contributed by atoms with Crippen molar-refractivity contribution in [2.24, 2.45) is 0 Å². The first kappa shape index (κ1) is 18.6. The Bertz CT molecular complexity index is 705. The van der Waals surface area contributed by atoms with Crippen molar-refractivity contribution in [2.75, 3.05) is 26.9 Å². The van der Waals surface area contributed by atoms with Crippen molar-refractivity contribution in [1.29, 1.82) is 0 Å². The van der Waals surface area contributed by atoms with E-state index in [2.05, 4.69) is 5.48 Å². The Labute approximate surface area is 158 Å². The van der Waals surface area contributed by atoms with Crippen LogP contribution >= 0.6 is 0 Å². The Morgan fingerprint density at radius 3 is 2.81 bits per heavy atom. The van der Waals surface area contributed by atoms with E-state index in [1.807, 2.05) is 30.0 Å². The lowest BCUT2D eigenvalue weighted by Gasteiger charge is -2.39. The van der Waals surface area contributed by atoms with Crippen molar-refractivity contribution in [2.45, 2.75) is 50.3 Å². The fraction of sp³-hybridized carbons (Fsp3) is 0.632. The second kappa shape index (κ2) is 7.37. The highest BCUT2D eigenvalue weighted by Gasteiger charge is 2.45. The lowest BCUT2D eigenvalue weighted by Crippen LogP contribution is -2.55. The number of hydrogen-bond donors (Lipinski definition) is 2. The highest BCUT2D eigenvalue weighted by atomic mass is 16.7. The zero-order valence-electron chi connectivity index (χ0n) is 15.6. The minimum absolute atomic E-state index is 0.00334. The van der Waals surface area contributed by atoms with E-state index in [0.717, 1.165) is 16.9 Å². The molecular weight excluding hydrogens is 352 g/mol. The van der Waals surface area contributed by atoms with E-state index in [9.17, 15) is 4.79 Å². The molecule has 3 aliphatic heterocycles. The molecule has 2 N–H and O–H groups in total. The zero-order valence-corrected chi connectivity index (χ0v) is 15.6. The van der Waals surface area contributed by atoms with E-state index in [1.54, 1.807) is 7.11 Å². The summed E-state index contributed by atoms with van der Waals surface area (Å²) in [6.07, 6.45) is 0.571. The highest BCUT2D eigenvalue weighted by Crippen LogP contribution is 2.39. The van der Waals surface area contributed by atoms with E-state index >= 15 is 0 Å². The molecule has 2 unspecified atom stereocenters. The molecular formula is C19H26N2O6. The molecule has 2 saturated heterocycles. The number of rotatable bonds is 4. The predicted molar refractivity (Wildman–Crippen MR) is 94.3 cm³/mol. The van der Waals surface area contributed by atoms with Crippen molar-refractivity contribution in [3.8, 4) is 5.75 Å².